The van der Waals surface area contributed by atoms with Gasteiger partial charge in [-0.2, -0.15) is 0 Å². The van der Waals surface area contributed by atoms with Gasteiger partial charge >= 0.3 is 0 Å². The summed E-state index contributed by atoms with van der Waals surface area (Å²) in [5.74, 6) is 0. The first-order valence-electron chi connectivity index (χ1n) is 5.47. The first-order chi connectivity index (χ1) is 7.00. The van der Waals surface area contributed by atoms with Gasteiger partial charge in [0.2, 0.25) is 0 Å². The standard InChI is InChI=1S/C13H21NO/c1-13(2,3)12(15)9-10-14-11-7-5-4-6-8-11/h4-8,12,14-15H,9-10H2,1-3H3. The predicted octanol–water partition coefficient (Wildman–Crippen LogP) is 2.90. The van der Waals surface area contributed by atoms with Crippen molar-refractivity contribution in [3.63, 3.8) is 0 Å². The third kappa shape index (κ3) is 4.34. The Balaban J connectivity index is 2.28. The van der Waals surface area contributed by atoms with E-state index in [0.29, 0.717) is 0 Å². The van der Waals surface area contributed by atoms with Crippen molar-refractivity contribution < 1.29 is 5.11 Å². The van der Waals surface area contributed by atoms with Crippen LogP contribution in [0.3, 0.4) is 0 Å². The Kier molecular flexibility index (Phi) is 4.15. The fraction of sp³-hybridized carbons (Fsp3) is 0.538. The molecule has 0 saturated heterocycles. The molecule has 0 saturated carbocycles. The van der Waals surface area contributed by atoms with Gasteiger partial charge < -0.3 is 10.4 Å². The maximum atomic E-state index is 9.82. The van der Waals surface area contributed by atoms with Gasteiger partial charge in [-0.05, 0) is 24.0 Å². The Morgan fingerprint density at radius 2 is 1.80 bits per heavy atom. The molecule has 0 spiro atoms. The van der Waals surface area contributed by atoms with Gasteiger partial charge in [-0.1, -0.05) is 39.0 Å². The lowest BCUT2D eigenvalue weighted by Crippen LogP contribution is -2.28. The smallest absolute Gasteiger partial charge is 0.0605 e. The van der Waals surface area contributed by atoms with Gasteiger partial charge in [-0.25, -0.2) is 0 Å². The lowest BCUT2D eigenvalue weighted by Gasteiger charge is -2.25. The molecule has 0 aliphatic carbocycles. The molecule has 0 bridgehead atoms. The highest BCUT2D eigenvalue weighted by atomic mass is 16.3. The van der Waals surface area contributed by atoms with E-state index in [0.717, 1.165) is 18.7 Å². The summed E-state index contributed by atoms with van der Waals surface area (Å²) in [5.41, 5.74) is 1.08. The van der Waals surface area contributed by atoms with Crippen molar-refractivity contribution in [1.82, 2.24) is 0 Å². The molecule has 0 amide bonds. The number of hydrogen-bond donors (Lipinski definition) is 2. The van der Waals surface area contributed by atoms with Crippen LogP contribution in [0.15, 0.2) is 30.3 Å². The van der Waals surface area contributed by atoms with Gasteiger partial charge in [0.15, 0.2) is 0 Å². The minimum absolute atomic E-state index is 0.0294. The molecule has 2 N–H and O–H groups in total. The number of hydrogen-bond acceptors (Lipinski definition) is 2. The zero-order chi connectivity index (χ0) is 11.3. The van der Waals surface area contributed by atoms with Crippen LogP contribution >= 0.6 is 0 Å². The van der Waals surface area contributed by atoms with Gasteiger partial charge in [0.25, 0.3) is 0 Å². The van der Waals surface area contributed by atoms with Crippen LogP contribution in [-0.2, 0) is 0 Å². The molecule has 1 rings (SSSR count). The van der Waals surface area contributed by atoms with E-state index >= 15 is 0 Å². The molecule has 84 valence electrons. The first kappa shape index (κ1) is 12.1. The molecule has 1 aromatic rings. The summed E-state index contributed by atoms with van der Waals surface area (Å²) in [6, 6.07) is 10.1. The Morgan fingerprint density at radius 3 is 2.33 bits per heavy atom. The molecule has 2 heteroatoms. The second kappa shape index (κ2) is 5.17. The van der Waals surface area contributed by atoms with Crippen molar-refractivity contribution in [2.75, 3.05) is 11.9 Å². The minimum Gasteiger partial charge on any atom is -0.393 e. The zero-order valence-electron chi connectivity index (χ0n) is 9.83. The summed E-state index contributed by atoms with van der Waals surface area (Å²) in [5, 5.41) is 13.1. The number of aliphatic hydroxyl groups excluding tert-OH is 1. The van der Waals surface area contributed by atoms with Gasteiger partial charge in [-0.3, -0.25) is 0 Å². The van der Waals surface area contributed by atoms with E-state index in [9.17, 15) is 5.11 Å². The van der Waals surface area contributed by atoms with Crippen molar-refractivity contribution in [2.45, 2.75) is 33.3 Å². The van der Waals surface area contributed by atoms with Gasteiger partial charge in [0.1, 0.15) is 0 Å². The maximum absolute atomic E-state index is 9.82. The second-order valence-electron chi connectivity index (χ2n) is 4.96. The molecule has 1 atom stereocenters. The molecule has 2 nitrogen and oxygen atoms in total. The van der Waals surface area contributed by atoms with Crippen molar-refractivity contribution in [3.05, 3.63) is 30.3 Å². The third-order valence-corrected chi connectivity index (χ3v) is 2.52. The quantitative estimate of drug-likeness (QED) is 0.795. The van der Waals surface area contributed by atoms with Crippen molar-refractivity contribution in [2.24, 2.45) is 5.41 Å². The number of benzene rings is 1. The van der Waals surface area contributed by atoms with E-state index in [4.69, 9.17) is 0 Å². The van der Waals surface area contributed by atoms with Crippen LogP contribution < -0.4 is 5.32 Å². The molecule has 1 unspecified atom stereocenters. The van der Waals surface area contributed by atoms with E-state index in [-0.39, 0.29) is 11.5 Å². The normalized spacial score (nSPS) is 13.6. The molecule has 0 aromatic heterocycles. The number of anilines is 1. The van der Waals surface area contributed by atoms with Crippen molar-refractivity contribution in [3.8, 4) is 0 Å². The van der Waals surface area contributed by atoms with E-state index in [1.54, 1.807) is 0 Å². The molecule has 1 aromatic carbocycles. The van der Waals surface area contributed by atoms with Crippen LogP contribution in [0.25, 0.3) is 0 Å². The fourth-order valence-corrected chi connectivity index (χ4v) is 1.34. The van der Waals surface area contributed by atoms with Crippen LogP contribution in [0.5, 0.6) is 0 Å². The first-order valence-corrected chi connectivity index (χ1v) is 5.47. The van der Waals surface area contributed by atoms with Crippen molar-refractivity contribution in [1.29, 1.82) is 0 Å². The second-order valence-corrected chi connectivity index (χ2v) is 4.96. The summed E-state index contributed by atoms with van der Waals surface area (Å²) in [6.07, 6.45) is 0.520. The Morgan fingerprint density at radius 1 is 1.20 bits per heavy atom. The summed E-state index contributed by atoms with van der Waals surface area (Å²) in [7, 11) is 0. The topological polar surface area (TPSA) is 32.3 Å². The summed E-state index contributed by atoms with van der Waals surface area (Å²) < 4.78 is 0. The number of para-hydroxylation sites is 1. The fourth-order valence-electron chi connectivity index (χ4n) is 1.34. The van der Waals surface area contributed by atoms with Crippen LogP contribution in [0.2, 0.25) is 0 Å². The van der Waals surface area contributed by atoms with Crippen LogP contribution in [0, 0.1) is 5.41 Å². The lowest BCUT2D eigenvalue weighted by molar-refractivity contribution is 0.0587. The van der Waals surface area contributed by atoms with Crippen LogP contribution in [0.4, 0.5) is 5.69 Å². The summed E-state index contributed by atoms with van der Waals surface area (Å²) in [6.45, 7) is 6.98. The summed E-state index contributed by atoms with van der Waals surface area (Å²) >= 11 is 0. The molecule has 0 aliphatic heterocycles. The average molecular weight is 207 g/mol. The van der Waals surface area contributed by atoms with E-state index in [1.165, 1.54) is 0 Å². The monoisotopic (exact) mass is 207 g/mol. The highest BCUT2D eigenvalue weighted by Gasteiger charge is 2.21. The number of aliphatic hydroxyl groups is 1. The predicted molar refractivity (Wildman–Crippen MR) is 65.0 cm³/mol. The molecule has 0 radical (unpaired) electrons. The van der Waals surface area contributed by atoms with Crippen LogP contribution in [0.1, 0.15) is 27.2 Å². The zero-order valence-corrected chi connectivity index (χ0v) is 9.83. The highest BCUT2D eigenvalue weighted by Crippen LogP contribution is 2.21. The third-order valence-electron chi connectivity index (χ3n) is 2.52. The number of nitrogens with one attached hydrogen (secondary N) is 1. The Hall–Kier alpha value is -1.02. The van der Waals surface area contributed by atoms with E-state index in [1.807, 2.05) is 30.3 Å². The summed E-state index contributed by atoms with van der Waals surface area (Å²) in [4.78, 5) is 0. The molecule has 0 aliphatic rings. The molecule has 0 fully saturated rings. The lowest BCUT2D eigenvalue weighted by atomic mass is 9.87. The minimum atomic E-state index is -0.256. The molecule has 15 heavy (non-hydrogen) atoms. The largest absolute Gasteiger partial charge is 0.393 e. The maximum Gasteiger partial charge on any atom is 0.0605 e. The Bertz CT molecular complexity index is 276. The van der Waals surface area contributed by atoms with Gasteiger partial charge in [0, 0.05) is 12.2 Å². The average Bonchev–Trinajstić information content (AvgIpc) is 2.18. The van der Waals surface area contributed by atoms with E-state index in [2.05, 4.69) is 26.1 Å². The Labute approximate surface area is 92.3 Å². The highest BCUT2D eigenvalue weighted by molar-refractivity contribution is 5.42. The number of rotatable bonds is 4. The van der Waals surface area contributed by atoms with Gasteiger partial charge in [-0.15, -0.1) is 0 Å². The van der Waals surface area contributed by atoms with E-state index < -0.39 is 0 Å². The molecular weight excluding hydrogens is 186 g/mol. The molecule has 0 heterocycles. The SMILES string of the molecule is CC(C)(C)C(O)CCNc1ccccc1. The molecular formula is C13H21NO. The van der Waals surface area contributed by atoms with Crippen molar-refractivity contribution >= 4 is 5.69 Å². The van der Waals surface area contributed by atoms with Crippen LogP contribution in [-0.4, -0.2) is 17.8 Å². The van der Waals surface area contributed by atoms with Gasteiger partial charge in [0.05, 0.1) is 6.10 Å².